The molecule has 0 aromatic carbocycles. The lowest BCUT2D eigenvalue weighted by Crippen LogP contribution is -1.88. The van der Waals surface area contributed by atoms with Gasteiger partial charge < -0.3 is 4.52 Å². The van der Waals surface area contributed by atoms with E-state index < -0.39 is 7.37 Å². The normalized spacial score (nSPS) is 16.2. The zero-order chi connectivity index (χ0) is 8.04. The van der Waals surface area contributed by atoms with E-state index in [-0.39, 0.29) is 0 Å². The molecule has 0 N–H and O–H groups in total. The summed E-state index contributed by atoms with van der Waals surface area (Å²) >= 11 is 0. The highest BCUT2D eigenvalue weighted by molar-refractivity contribution is 7.61. The van der Waals surface area contributed by atoms with E-state index in [1.807, 2.05) is 0 Å². The van der Waals surface area contributed by atoms with Gasteiger partial charge in [-0.2, -0.15) is 0 Å². The summed E-state index contributed by atoms with van der Waals surface area (Å²) in [5, 5.41) is 0. The average molecular weight is 162 g/mol. The van der Waals surface area contributed by atoms with Gasteiger partial charge in [0.2, 0.25) is 7.37 Å². The van der Waals surface area contributed by atoms with Crippen LogP contribution >= 0.6 is 7.37 Å². The van der Waals surface area contributed by atoms with Gasteiger partial charge >= 0.3 is 0 Å². The molecule has 60 valence electrons. The predicted molar refractivity (Wildman–Crippen MR) is 44.6 cm³/mol. The molecular formula is C7H15O2P. The first-order valence-corrected chi connectivity index (χ1v) is 5.62. The SMILES string of the molecule is C=CP(C)(=O)OCCCC. The molecule has 0 amide bonds. The maximum absolute atomic E-state index is 11.1. The van der Waals surface area contributed by atoms with E-state index in [4.69, 9.17) is 4.52 Å². The standard InChI is InChI=1S/C7H15O2P/c1-4-6-7-9-10(3,8)5-2/h5H,2,4,6-7H2,1,3H3. The van der Waals surface area contributed by atoms with E-state index in [0.29, 0.717) is 6.61 Å². The molecule has 0 aromatic heterocycles. The summed E-state index contributed by atoms with van der Waals surface area (Å²) < 4.78 is 16.2. The van der Waals surface area contributed by atoms with Crippen LogP contribution in [0.25, 0.3) is 0 Å². The Morgan fingerprint density at radius 3 is 2.70 bits per heavy atom. The molecule has 0 aliphatic carbocycles. The molecular weight excluding hydrogens is 147 g/mol. The van der Waals surface area contributed by atoms with E-state index in [1.54, 1.807) is 6.66 Å². The van der Waals surface area contributed by atoms with Crippen molar-refractivity contribution in [2.45, 2.75) is 19.8 Å². The molecule has 0 saturated carbocycles. The van der Waals surface area contributed by atoms with E-state index in [0.717, 1.165) is 12.8 Å². The third-order valence-corrected chi connectivity index (χ3v) is 2.54. The number of hydrogen-bond donors (Lipinski definition) is 0. The first-order chi connectivity index (χ1) is 4.62. The highest BCUT2D eigenvalue weighted by Gasteiger charge is 2.07. The van der Waals surface area contributed by atoms with Crippen LogP contribution in [0.5, 0.6) is 0 Å². The number of hydrogen-bond acceptors (Lipinski definition) is 2. The van der Waals surface area contributed by atoms with Crippen molar-refractivity contribution in [2.75, 3.05) is 13.3 Å². The molecule has 0 bridgehead atoms. The van der Waals surface area contributed by atoms with Crippen LogP contribution < -0.4 is 0 Å². The van der Waals surface area contributed by atoms with Crippen molar-refractivity contribution >= 4 is 7.37 Å². The van der Waals surface area contributed by atoms with Crippen LogP contribution in [0.2, 0.25) is 0 Å². The van der Waals surface area contributed by atoms with Crippen LogP contribution in [-0.4, -0.2) is 13.3 Å². The van der Waals surface area contributed by atoms with Crippen LogP contribution in [-0.2, 0) is 9.09 Å². The van der Waals surface area contributed by atoms with Crippen molar-refractivity contribution in [3.05, 3.63) is 12.4 Å². The van der Waals surface area contributed by atoms with Gasteiger partial charge in [-0.15, -0.1) is 0 Å². The quantitative estimate of drug-likeness (QED) is 0.459. The van der Waals surface area contributed by atoms with Crippen molar-refractivity contribution in [1.82, 2.24) is 0 Å². The van der Waals surface area contributed by atoms with Crippen molar-refractivity contribution in [2.24, 2.45) is 0 Å². The van der Waals surface area contributed by atoms with Gasteiger partial charge in [0.1, 0.15) is 0 Å². The summed E-state index contributed by atoms with van der Waals surface area (Å²) in [4.78, 5) is 0. The molecule has 3 heteroatoms. The van der Waals surface area contributed by atoms with E-state index in [9.17, 15) is 4.57 Å². The minimum atomic E-state index is -2.44. The molecule has 2 nitrogen and oxygen atoms in total. The molecule has 0 aliphatic heterocycles. The molecule has 1 atom stereocenters. The largest absolute Gasteiger partial charge is 0.326 e. The van der Waals surface area contributed by atoms with Gasteiger partial charge in [0.15, 0.2) is 0 Å². The lowest BCUT2D eigenvalue weighted by Gasteiger charge is -2.07. The Hall–Kier alpha value is -0.0700. The van der Waals surface area contributed by atoms with Crippen molar-refractivity contribution in [3.63, 3.8) is 0 Å². The molecule has 0 spiro atoms. The molecule has 10 heavy (non-hydrogen) atoms. The Balaban J connectivity index is 3.47. The second-order valence-electron chi connectivity index (χ2n) is 2.28. The summed E-state index contributed by atoms with van der Waals surface area (Å²) in [5.74, 6) is 1.39. The van der Waals surface area contributed by atoms with Crippen LogP contribution in [0.3, 0.4) is 0 Å². The molecule has 0 rings (SSSR count). The smallest absolute Gasteiger partial charge is 0.221 e. The first-order valence-electron chi connectivity index (χ1n) is 3.47. The fourth-order valence-electron chi connectivity index (χ4n) is 0.443. The Labute approximate surface area is 62.7 Å². The third-order valence-electron chi connectivity index (χ3n) is 1.18. The third kappa shape index (κ3) is 4.78. The fourth-order valence-corrected chi connectivity index (χ4v) is 1.04. The second-order valence-corrected chi connectivity index (χ2v) is 4.72. The Bertz CT molecular complexity index is 143. The van der Waals surface area contributed by atoms with Crippen LogP contribution in [0, 0.1) is 0 Å². The zero-order valence-corrected chi connectivity index (χ0v) is 7.56. The molecule has 0 fully saturated rings. The van der Waals surface area contributed by atoms with E-state index in [1.165, 1.54) is 5.82 Å². The van der Waals surface area contributed by atoms with Gasteiger partial charge in [-0.3, -0.25) is 4.57 Å². The van der Waals surface area contributed by atoms with Gasteiger partial charge in [-0.25, -0.2) is 0 Å². The Morgan fingerprint density at radius 1 is 1.70 bits per heavy atom. The number of rotatable bonds is 5. The lowest BCUT2D eigenvalue weighted by atomic mass is 10.4. The summed E-state index contributed by atoms with van der Waals surface area (Å²) in [6, 6.07) is 0. The molecule has 0 radical (unpaired) electrons. The van der Waals surface area contributed by atoms with E-state index in [2.05, 4.69) is 13.5 Å². The van der Waals surface area contributed by atoms with Crippen molar-refractivity contribution in [1.29, 1.82) is 0 Å². The predicted octanol–water partition coefficient (Wildman–Crippen LogP) is 2.85. The molecule has 0 aromatic rings. The molecule has 0 saturated heterocycles. The number of unbranched alkanes of at least 4 members (excludes halogenated alkanes) is 1. The summed E-state index contributed by atoms with van der Waals surface area (Å²) in [6.07, 6.45) is 2.03. The highest BCUT2D eigenvalue weighted by atomic mass is 31.2. The topological polar surface area (TPSA) is 26.3 Å². The van der Waals surface area contributed by atoms with Crippen LogP contribution in [0.1, 0.15) is 19.8 Å². The van der Waals surface area contributed by atoms with Gasteiger partial charge in [0.05, 0.1) is 6.61 Å². The van der Waals surface area contributed by atoms with E-state index >= 15 is 0 Å². The molecule has 0 aliphatic rings. The van der Waals surface area contributed by atoms with Crippen LogP contribution in [0.4, 0.5) is 0 Å². The highest BCUT2D eigenvalue weighted by Crippen LogP contribution is 2.43. The molecule has 0 heterocycles. The maximum Gasteiger partial charge on any atom is 0.221 e. The van der Waals surface area contributed by atoms with Gasteiger partial charge in [0, 0.05) is 6.66 Å². The second kappa shape index (κ2) is 4.70. The van der Waals surface area contributed by atoms with Gasteiger partial charge in [0.25, 0.3) is 0 Å². The van der Waals surface area contributed by atoms with Crippen molar-refractivity contribution < 1.29 is 9.09 Å². The summed E-state index contributed by atoms with van der Waals surface area (Å²) in [6.45, 7) is 7.65. The molecule has 1 unspecified atom stereocenters. The Kier molecular flexibility index (Phi) is 4.67. The van der Waals surface area contributed by atoms with Gasteiger partial charge in [-0.1, -0.05) is 19.9 Å². The van der Waals surface area contributed by atoms with Gasteiger partial charge in [-0.05, 0) is 12.2 Å². The first kappa shape index (κ1) is 9.93. The minimum absolute atomic E-state index is 0.580. The van der Waals surface area contributed by atoms with Crippen molar-refractivity contribution in [3.8, 4) is 0 Å². The summed E-state index contributed by atoms with van der Waals surface area (Å²) in [5.41, 5.74) is 0. The average Bonchev–Trinajstić information content (AvgIpc) is 1.89. The minimum Gasteiger partial charge on any atom is -0.326 e. The Morgan fingerprint density at radius 2 is 2.30 bits per heavy atom. The fraction of sp³-hybridized carbons (Fsp3) is 0.714. The zero-order valence-electron chi connectivity index (χ0n) is 6.67. The summed E-state index contributed by atoms with van der Waals surface area (Å²) in [7, 11) is -2.44. The maximum atomic E-state index is 11.1. The van der Waals surface area contributed by atoms with Crippen LogP contribution in [0.15, 0.2) is 12.4 Å². The monoisotopic (exact) mass is 162 g/mol. The lowest BCUT2D eigenvalue weighted by molar-refractivity contribution is 0.315.